The van der Waals surface area contributed by atoms with E-state index in [2.05, 4.69) is 146 Å². The van der Waals surface area contributed by atoms with Crippen molar-refractivity contribution in [2.75, 3.05) is 0 Å². The molecular formula is C48H33N3. The van der Waals surface area contributed by atoms with E-state index < -0.39 is 0 Å². The second kappa shape index (κ2) is 11.3. The van der Waals surface area contributed by atoms with Crippen LogP contribution >= 0.6 is 0 Å². The third-order valence-corrected chi connectivity index (χ3v) is 10.7. The highest BCUT2D eigenvalue weighted by molar-refractivity contribution is 6.06. The van der Waals surface area contributed by atoms with E-state index in [0.717, 1.165) is 44.4 Å². The van der Waals surface area contributed by atoms with Crippen LogP contribution in [0.4, 0.5) is 0 Å². The van der Waals surface area contributed by atoms with E-state index in [4.69, 9.17) is 9.97 Å². The minimum atomic E-state index is -0.125. The number of benzene rings is 7. The van der Waals surface area contributed by atoms with Gasteiger partial charge in [0, 0.05) is 33.7 Å². The largest absolute Gasteiger partial charge is 0.256 e. The maximum atomic E-state index is 5.22. The van der Waals surface area contributed by atoms with Crippen LogP contribution in [0.25, 0.3) is 88.6 Å². The summed E-state index contributed by atoms with van der Waals surface area (Å²) < 4.78 is 0. The Morgan fingerprint density at radius 2 is 1.08 bits per heavy atom. The van der Waals surface area contributed by atoms with Crippen molar-refractivity contribution in [1.82, 2.24) is 15.0 Å². The van der Waals surface area contributed by atoms with Crippen molar-refractivity contribution < 1.29 is 0 Å². The minimum Gasteiger partial charge on any atom is -0.256 e. The van der Waals surface area contributed by atoms with Gasteiger partial charge >= 0.3 is 0 Å². The highest BCUT2D eigenvalue weighted by atomic mass is 14.9. The highest BCUT2D eigenvalue weighted by Crippen LogP contribution is 2.52. The first-order valence-electron chi connectivity index (χ1n) is 17.5. The molecule has 0 N–H and O–H groups in total. The van der Waals surface area contributed by atoms with Gasteiger partial charge in [0.15, 0.2) is 5.82 Å². The van der Waals surface area contributed by atoms with Gasteiger partial charge in [0.25, 0.3) is 0 Å². The summed E-state index contributed by atoms with van der Waals surface area (Å²) >= 11 is 0. The van der Waals surface area contributed by atoms with Gasteiger partial charge in [-0.3, -0.25) is 4.98 Å². The minimum absolute atomic E-state index is 0.125. The smallest absolute Gasteiger partial charge is 0.160 e. The van der Waals surface area contributed by atoms with Crippen LogP contribution in [-0.2, 0) is 5.41 Å². The molecule has 2 aromatic heterocycles. The number of hydrogen-bond donors (Lipinski definition) is 0. The lowest BCUT2D eigenvalue weighted by Crippen LogP contribution is -2.15. The molecule has 1 aliphatic carbocycles. The fourth-order valence-electron chi connectivity index (χ4n) is 8.31. The molecule has 9 aromatic rings. The lowest BCUT2D eigenvalue weighted by atomic mass is 9.79. The zero-order valence-corrected chi connectivity index (χ0v) is 28.4. The number of aromatic nitrogens is 3. The molecule has 240 valence electrons. The SMILES string of the molecule is CC1(C)c2cc(-c3ccc(-c4cc(-c5cccc6ncccc56)nc(-c5ccccc5)n4)c4ccccc34)ccc2-c2ccc3ccccc3c21. The molecule has 0 fully saturated rings. The summed E-state index contributed by atoms with van der Waals surface area (Å²) in [7, 11) is 0. The van der Waals surface area contributed by atoms with Crippen LogP contribution in [0.5, 0.6) is 0 Å². The van der Waals surface area contributed by atoms with Gasteiger partial charge in [0.1, 0.15) is 0 Å². The Balaban J connectivity index is 1.15. The lowest BCUT2D eigenvalue weighted by molar-refractivity contribution is 0.666. The maximum absolute atomic E-state index is 5.22. The molecule has 0 radical (unpaired) electrons. The van der Waals surface area contributed by atoms with E-state index >= 15 is 0 Å². The Labute approximate surface area is 297 Å². The lowest BCUT2D eigenvalue weighted by Gasteiger charge is -2.24. The molecule has 0 aliphatic heterocycles. The molecule has 0 saturated heterocycles. The molecule has 10 rings (SSSR count). The van der Waals surface area contributed by atoms with Gasteiger partial charge in [-0.25, -0.2) is 9.97 Å². The van der Waals surface area contributed by atoms with Crippen LogP contribution in [-0.4, -0.2) is 15.0 Å². The van der Waals surface area contributed by atoms with Crippen molar-refractivity contribution in [3.8, 4) is 56.2 Å². The maximum Gasteiger partial charge on any atom is 0.160 e. The molecule has 7 aromatic carbocycles. The number of rotatable bonds is 4. The van der Waals surface area contributed by atoms with Gasteiger partial charge in [-0.05, 0) is 79.2 Å². The topological polar surface area (TPSA) is 38.7 Å². The van der Waals surface area contributed by atoms with Crippen molar-refractivity contribution in [2.24, 2.45) is 0 Å². The molecule has 0 unspecified atom stereocenters. The molecule has 51 heavy (non-hydrogen) atoms. The molecule has 2 heterocycles. The number of hydrogen-bond acceptors (Lipinski definition) is 3. The Hall–Kier alpha value is -6.45. The monoisotopic (exact) mass is 651 g/mol. The fourth-order valence-corrected chi connectivity index (χ4v) is 8.31. The second-order valence-electron chi connectivity index (χ2n) is 14.0. The number of fused-ring (bicyclic) bond motifs is 7. The highest BCUT2D eigenvalue weighted by Gasteiger charge is 2.37. The summed E-state index contributed by atoms with van der Waals surface area (Å²) in [6.45, 7) is 4.75. The second-order valence-corrected chi connectivity index (χ2v) is 14.0. The van der Waals surface area contributed by atoms with Crippen LogP contribution in [0.2, 0.25) is 0 Å². The molecule has 0 spiro atoms. The number of nitrogens with zero attached hydrogens (tertiary/aromatic N) is 3. The van der Waals surface area contributed by atoms with Crippen LogP contribution < -0.4 is 0 Å². The molecule has 0 atom stereocenters. The van der Waals surface area contributed by atoms with Crippen LogP contribution in [0, 0.1) is 0 Å². The van der Waals surface area contributed by atoms with E-state index in [9.17, 15) is 0 Å². The normalized spacial score (nSPS) is 13.1. The summed E-state index contributed by atoms with van der Waals surface area (Å²) in [4.78, 5) is 15.0. The molecule has 3 heteroatoms. The zero-order valence-electron chi connectivity index (χ0n) is 28.4. The molecule has 0 bridgehead atoms. The zero-order chi connectivity index (χ0) is 34.1. The van der Waals surface area contributed by atoms with Crippen LogP contribution in [0.3, 0.4) is 0 Å². The first-order chi connectivity index (χ1) is 25.0. The Morgan fingerprint density at radius 1 is 0.431 bits per heavy atom. The van der Waals surface area contributed by atoms with Gasteiger partial charge in [-0.2, -0.15) is 0 Å². The first-order valence-corrected chi connectivity index (χ1v) is 17.5. The number of pyridine rings is 1. The van der Waals surface area contributed by atoms with Gasteiger partial charge in [-0.1, -0.05) is 147 Å². The van der Waals surface area contributed by atoms with Gasteiger partial charge < -0.3 is 0 Å². The third-order valence-electron chi connectivity index (χ3n) is 10.7. The predicted octanol–water partition coefficient (Wildman–Crippen LogP) is 12.3. The quantitative estimate of drug-likeness (QED) is 0.190. The predicted molar refractivity (Wildman–Crippen MR) is 212 cm³/mol. The van der Waals surface area contributed by atoms with Crippen LogP contribution in [0.15, 0.2) is 164 Å². The van der Waals surface area contributed by atoms with Crippen molar-refractivity contribution in [3.63, 3.8) is 0 Å². The third kappa shape index (κ3) is 4.62. The van der Waals surface area contributed by atoms with Gasteiger partial charge in [-0.15, -0.1) is 0 Å². The van der Waals surface area contributed by atoms with E-state index in [1.807, 2.05) is 36.5 Å². The Morgan fingerprint density at radius 3 is 1.90 bits per heavy atom. The van der Waals surface area contributed by atoms with E-state index in [1.54, 1.807) is 0 Å². The van der Waals surface area contributed by atoms with Crippen molar-refractivity contribution >= 4 is 32.4 Å². The van der Waals surface area contributed by atoms with Crippen molar-refractivity contribution in [1.29, 1.82) is 0 Å². The van der Waals surface area contributed by atoms with Crippen molar-refractivity contribution in [2.45, 2.75) is 19.3 Å². The Kier molecular flexibility index (Phi) is 6.53. The van der Waals surface area contributed by atoms with Crippen LogP contribution in [0.1, 0.15) is 25.0 Å². The Bertz CT molecular complexity index is 2830. The standard InChI is InChI=1S/C48H33N3/c1-48(2)42-28-32(22-23-37(42)41-24-21-30-12-6-7-15-34(30)46(41)48)33-25-26-40(36-17-9-8-16-35(33)36)45-29-44(50-47(51-45)31-13-4-3-5-14-31)39-18-10-20-43-38(39)19-11-27-49-43/h3-29H,1-2H3. The van der Waals surface area contributed by atoms with E-state index in [-0.39, 0.29) is 5.41 Å². The summed E-state index contributed by atoms with van der Waals surface area (Å²) in [5.74, 6) is 0.699. The summed E-state index contributed by atoms with van der Waals surface area (Å²) in [6.07, 6.45) is 1.84. The summed E-state index contributed by atoms with van der Waals surface area (Å²) in [5.41, 5.74) is 13.6. The molecule has 3 nitrogen and oxygen atoms in total. The average Bonchev–Trinajstić information content (AvgIpc) is 3.43. The molecule has 0 amide bonds. The first kappa shape index (κ1) is 29.5. The summed E-state index contributed by atoms with van der Waals surface area (Å²) in [6, 6.07) is 56.4. The van der Waals surface area contributed by atoms with Crippen molar-refractivity contribution in [3.05, 3.63) is 175 Å². The molecule has 0 saturated carbocycles. The molecular weight excluding hydrogens is 619 g/mol. The van der Waals surface area contributed by atoms with Gasteiger partial charge in [0.2, 0.25) is 0 Å². The summed E-state index contributed by atoms with van der Waals surface area (Å²) in [5, 5.41) is 6.06. The van der Waals surface area contributed by atoms with Gasteiger partial charge in [0.05, 0.1) is 16.9 Å². The fraction of sp³-hybridized carbons (Fsp3) is 0.0625. The van der Waals surface area contributed by atoms with E-state index in [0.29, 0.717) is 5.82 Å². The molecule has 1 aliphatic rings. The van der Waals surface area contributed by atoms with E-state index in [1.165, 1.54) is 49.5 Å². The average molecular weight is 652 g/mol.